The molecule has 8 heteroatoms. The maximum atomic E-state index is 13.7. The second-order valence-electron chi connectivity index (χ2n) is 4.42. The lowest BCUT2D eigenvalue weighted by atomic mass is 10.2. The number of sulfonamides is 1. The molecular weight excluding hydrogens is 321 g/mol. The van der Waals surface area contributed by atoms with E-state index >= 15 is 0 Å². The summed E-state index contributed by atoms with van der Waals surface area (Å²) in [6.45, 7) is 4.10. The van der Waals surface area contributed by atoms with Crippen molar-refractivity contribution in [1.82, 2.24) is 4.31 Å². The first-order valence-electron chi connectivity index (χ1n) is 6.48. The first kappa shape index (κ1) is 17.9. The van der Waals surface area contributed by atoms with Crippen LogP contribution in [0.2, 0.25) is 5.02 Å². The Morgan fingerprint density at radius 1 is 1.38 bits per heavy atom. The van der Waals surface area contributed by atoms with Gasteiger partial charge in [0, 0.05) is 13.1 Å². The summed E-state index contributed by atoms with van der Waals surface area (Å²) < 4.78 is 39.7. The van der Waals surface area contributed by atoms with E-state index in [1.807, 2.05) is 6.92 Å². The van der Waals surface area contributed by atoms with Crippen molar-refractivity contribution in [2.45, 2.75) is 31.6 Å². The van der Waals surface area contributed by atoms with Crippen molar-refractivity contribution >= 4 is 27.6 Å². The van der Waals surface area contributed by atoms with Gasteiger partial charge in [-0.1, -0.05) is 31.9 Å². The molecule has 0 aromatic heterocycles. The number of carbonyl (C=O) groups is 1. The maximum Gasteiger partial charge on any atom is 0.337 e. The molecule has 1 aromatic rings. The number of nitrogens with zero attached hydrogens (tertiary/aromatic N) is 1. The monoisotopic (exact) mass is 337 g/mol. The minimum absolute atomic E-state index is 0.217. The zero-order valence-corrected chi connectivity index (χ0v) is 13.3. The van der Waals surface area contributed by atoms with Crippen molar-refractivity contribution in [2.24, 2.45) is 0 Å². The molecule has 0 heterocycles. The second kappa shape index (κ2) is 7.20. The molecule has 0 aliphatic carbocycles. The minimum Gasteiger partial charge on any atom is -0.478 e. The molecule has 0 saturated heterocycles. The number of carboxylic acids is 1. The van der Waals surface area contributed by atoms with Gasteiger partial charge in [0.05, 0.1) is 15.5 Å². The zero-order valence-electron chi connectivity index (χ0n) is 11.8. The predicted octanol–water partition coefficient (Wildman–Crippen LogP) is 2.99. The van der Waals surface area contributed by atoms with Crippen LogP contribution in [0, 0.1) is 5.82 Å². The van der Waals surface area contributed by atoms with Gasteiger partial charge in [0.2, 0.25) is 10.0 Å². The van der Waals surface area contributed by atoms with Gasteiger partial charge in [0.15, 0.2) is 0 Å². The molecule has 0 atom stereocenters. The average molecular weight is 338 g/mol. The average Bonchev–Trinajstić information content (AvgIpc) is 2.41. The van der Waals surface area contributed by atoms with Crippen molar-refractivity contribution < 1.29 is 22.7 Å². The molecule has 21 heavy (non-hydrogen) atoms. The van der Waals surface area contributed by atoms with E-state index in [-0.39, 0.29) is 6.54 Å². The first-order valence-corrected chi connectivity index (χ1v) is 8.30. The molecule has 0 spiro atoms. The maximum absolute atomic E-state index is 13.7. The smallest absolute Gasteiger partial charge is 0.337 e. The lowest BCUT2D eigenvalue weighted by molar-refractivity contribution is 0.0696. The third-order valence-corrected chi connectivity index (χ3v) is 5.32. The quantitative estimate of drug-likeness (QED) is 0.830. The van der Waals surface area contributed by atoms with Gasteiger partial charge in [-0.3, -0.25) is 0 Å². The Bertz CT molecular complexity index is 633. The van der Waals surface area contributed by atoms with E-state index in [9.17, 15) is 17.6 Å². The Morgan fingerprint density at radius 2 is 2.00 bits per heavy atom. The Kier molecular flexibility index (Phi) is 6.12. The van der Waals surface area contributed by atoms with Crippen LogP contribution in [0.4, 0.5) is 4.39 Å². The van der Waals surface area contributed by atoms with Gasteiger partial charge in [-0.25, -0.2) is 17.6 Å². The molecule has 0 unspecified atom stereocenters. The second-order valence-corrected chi connectivity index (χ2v) is 6.74. The molecule has 0 radical (unpaired) electrons. The molecular formula is C13H17ClFNO4S. The Labute approximate surface area is 128 Å². The molecule has 0 aliphatic rings. The van der Waals surface area contributed by atoms with E-state index in [4.69, 9.17) is 16.7 Å². The van der Waals surface area contributed by atoms with Crippen LogP contribution in [0.25, 0.3) is 0 Å². The zero-order chi connectivity index (χ0) is 16.2. The molecule has 1 aromatic carbocycles. The van der Waals surface area contributed by atoms with Gasteiger partial charge in [-0.05, 0) is 18.6 Å². The molecule has 0 amide bonds. The van der Waals surface area contributed by atoms with Gasteiger partial charge in [-0.2, -0.15) is 4.31 Å². The molecule has 5 nitrogen and oxygen atoms in total. The predicted molar refractivity (Wildman–Crippen MR) is 77.7 cm³/mol. The van der Waals surface area contributed by atoms with Crippen molar-refractivity contribution in [3.8, 4) is 0 Å². The fourth-order valence-corrected chi connectivity index (χ4v) is 3.52. The summed E-state index contributed by atoms with van der Waals surface area (Å²) in [5, 5.41) is 8.36. The highest BCUT2D eigenvalue weighted by molar-refractivity contribution is 7.89. The number of carboxylic acid groups (broad SMARTS) is 1. The molecule has 0 saturated carbocycles. The van der Waals surface area contributed by atoms with Gasteiger partial charge in [0.1, 0.15) is 5.82 Å². The number of halogens is 2. The minimum atomic E-state index is -3.95. The van der Waals surface area contributed by atoms with Crippen LogP contribution in [-0.2, 0) is 10.0 Å². The number of aromatic carboxylic acids is 1. The fraction of sp³-hybridized carbons (Fsp3) is 0.462. The lowest BCUT2D eigenvalue weighted by Crippen LogP contribution is -2.32. The highest BCUT2D eigenvalue weighted by Gasteiger charge is 2.26. The largest absolute Gasteiger partial charge is 0.478 e. The van der Waals surface area contributed by atoms with E-state index in [0.717, 1.165) is 18.6 Å². The summed E-state index contributed by atoms with van der Waals surface area (Å²) in [4.78, 5) is 10.6. The summed E-state index contributed by atoms with van der Waals surface area (Å²) in [5.41, 5.74) is -0.568. The van der Waals surface area contributed by atoms with Gasteiger partial charge in [-0.15, -0.1) is 0 Å². The Balaban J connectivity index is 3.34. The molecule has 118 valence electrons. The van der Waals surface area contributed by atoms with Crippen molar-refractivity contribution in [3.63, 3.8) is 0 Å². The molecule has 0 bridgehead atoms. The van der Waals surface area contributed by atoms with E-state index in [2.05, 4.69) is 0 Å². The lowest BCUT2D eigenvalue weighted by Gasteiger charge is -2.20. The van der Waals surface area contributed by atoms with Crippen LogP contribution in [0.15, 0.2) is 17.0 Å². The SMILES string of the molecule is CCCCN(CC)S(=O)(=O)c1cc(F)c(Cl)c(C(=O)O)c1. The van der Waals surface area contributed by atoms with Crippen LogP contribution in [-0.4, -0.2) is 36.9 Å². The van der Waals surface area contributed by atoms with E-state index in [1.165, 1.54) is 4.31 Å². The van der Waals surface area contributed by atoms with Crippen LogP contribution >= 0.6 is 11.6 Å². The number of unbranched alkanes of at least 4 members (excludes halogenated alkanes) is 1. The summed E-state index contributed by atoms with van der Waals surface area (Å²) in [5.74, 6) is -2.55. The highest BCUT2D eigenvalue weighted by Crippen LogP contribution is 2.26. The van der Waals surface area contributed by atoms with E-state index < -0.39 is 37.3 Å². The van der Waals surface area contributed by atoms with Crippen LogP contribution in [0.3, 0.4) is 0 Å². The van der Waals surface area contributed by atoms with Crippen LogP contribution in [0.1, 0.15) is 37.0 Å². The van der Waals surface area contributed by atoms with E-state index in [1.54, 1.807) is 6.92 Å². The third kappa shape index (κ3) is 3.93. The van der Waals surface area contributed by atoms with E-state index in [0.29, 0.717) is 13.0 Å². The summed E-state index contributed by atoms with van der Waals surface area (Å²) in [6, 6.07) is 1.64. The summed E-state index contributed by atoms with van der Waals surface area (Å²) in [7, 11) is -3.95. The number of rotatable bonds is 7. The molecule has 0 aliphatic heterocycles. The first-order chi connectivity index (χ1) is 9.75. The Morgan fingerprint density at radius 3 is 2.48 bits per heavy atom. The van der Waals surface area contributed by atoms with Gasteiger partial charge < -0.3 is 5.11 Å². The standard InChI is InChI=1S/C13H17ClFNO4S/c1-3-5-6-16(4-2)21(19,20)9-7-10(13(17)18)12(14)11(15)8-9/h7-8H,3-6H2,1-2H3,(H,17,18). The van der Waals surface area contributed by atoms with Crippen molar-refractivity contribution in [2.75, 3.05) is 13.1 Å². The number of hydrogen-bond acceptors (Lipinski definition) is 3. The van der Waals surface area contributed by atoms with Crippen LogP contribution in [0.5, 0.6) is 0 Å². The molecule has 1 N–H and O–H groups in total. The summed E-state index contributed by atoms with van der Waals surface area (Å²) in [6.07, 6.45) is 1.47. The van der Waals surface area contributed by atoms with Crippen molar-refractivity contribution in [3.05, 3.63) is 28.5 Å². The third-order valence-electron chi connectivity index (χ3n) is 2.98. The van der Waals surface area contributed by atoms with Gasteiger partial charge >= 0.3 is 5.97 Å². The topological polar surface area (TPSA) is 74.7 Å². The van der Waals surface area contributed by atoms with Crippen molar-refractivity contribution in [1.29, 1.82) is 0 Å². The summed E-state index contributed by atoms with van der Waals surface area (Å²) >= 11 is 5.54. The molecule has 1 rings (SSSR count). The normalized spacial score (nSPS) is 11.9. The van der Waals surface area contributed by atoms with Gasteiger partial charge in [0.25, 0.3) is 0 Å². The molecule has 0 fully saturated rings. The fourth-order valence-electron chi connectivity index (χ4n) is 1.80. The number of hydrogen-bond donors (Lipinski definition) is 1. The van der Waals surface area contributed by atoms with Crippen LogP contribution < -0.4 is 0 Å². The Hall–Kier alpha value is -1.18. The number of benzene rings is 1. The highest BCUT2D eigenvalue weighted by atomic mass is 35.5.